The number of fused-ring (bicyclic) bond motifs is 1. The van der Waals surface area contributed by atoms with Gasteiger partial charge in [-0.15, -0.1) is 0 Å². The van der Waals surface area contributed by atoms with E-state index < -0.39 is 0 Å². The zero-order valence-electron chi connectivity index (χ0n) is 18.7. The molecule has 174 valence electrons. The van der Waals surface area contributed by atoms with Gasteiger partial charge in [-0.1, -0.05) is 48.0 Å². The molecule has 0 spiro atoms. The minimum Gasteiger partial charge on any atom is -0.459 e. The Kier molecular flexibility index (Phi) is 6.41. The summed E-state index contributed by atoms with van der Waals surface area (Å²) in [4.78, 5) is 30.7. The second kappa shape index (κ2) is 9.77. The maximum Gasteiger partial charge on any atom is 0.289 e. The number of likely N-dealkylation sites (tertiary alicyclic amines) is 1. The molecule has 1 saturated heterocycles. The highest BCUT2D eigenvalue weighted by atomic mass is 35.5. The molecule has 1 aliphatic heterocycles. The third kappa shape index (κ3) is 4.46. The van der Waals surface area contributed by atoms with Crippen LogP contribution in [0.3, 0.4) is 0 Å². The lowest BCUT2D eigenvalue weighted by Crippen LogP contribution is -2.43. The van der Waals surface area contributed by atoms with Crippen molar-refractivity contribution in [1.82, 2.24) is 15.2 Å². The molecule has 0 bridgehead atoms. The van der Waals surface area contributed by atoms with Crippen LogP contribution < -0.4 is 5.32 Å². The molecule has 3 heterocycles. The number of hydrogen-bond acceptors (Lipinski definition) is 3. The van der Waals surface area contributed by atoms with E-state index in [0.717, 1.165) is 22.0 Å². The predicted molar refractivity (Wildman–Crippen MR) is 132 cm³/mol. The third-order valence-electron chi connectivity index (χ3n) is 6.64. The predicted octanol–water partition coefficient (Wildman–Crippen LogP) is 5.21. The van der Waals surface area contributed by atoms with Crippen LogP contribution in [0.4, 0.5) is 0 Å². The van der Waals surface area contributed by atoms with Gasteiger partial charge in [0, 0.05) is 53.6 Å². The number of hydrogen-bond donors (Lipinski definition) is 2. The third-order valence-corrected chi connectivity index (χ3v) is 6.99. The van der Waals surface area contributed by atoms with E-state index in [2.05, 4.69) is 16.4 Å². The Bertz CT molecular complexity index is 1290. The SMILES string of the molecule is O=C(NC[C@H](c1ccccc1Cl)c1c[nH]c2ccccc12)C1CCN(C(=O)c2ccco2)CC1. The molecule has 7 heteroatoms. The number of para-hydroxylation sites is 1. The first-order chi connectivity index (χ1) is 16.6. The number of amides is 2. The number of aromatic nitrogens is 1. The molecule has 5 rings (SSSR count). The lowest BCUT2D eigenvalue weighted by atomic mass is 9.90. The van der Waals surface area contributed by atoms with Gasteiger partial charge in [-0.3, -0.25) is 9.59 Å². The lowest BCUT2D eigenvalue weighted by Gasteiger charge is -2.31. The molecule has 4 aromatic rings. The van der Waals surface area contributed by atoms with Crippen LogP contribution in [0.1, 0.15) is 40.4 Å². The highest BCUT2D eigenvalue weighted by Gasteiger charge is 2.29. The van der Waals surface area contributed by atoms with E-state index in [9.17, 15) is 9.59 Å². The topological polar surface area (TPSA) is 78.3 Å². The zero-order chi connectivity index (χ0) is 23.5. The Hall–Kier alpha value is -3.51. The van der Waals surface area contributed by atoms with Crippen LogP contribution in [0.5, 0.6) is 0 Å². The summed E-state index contributed by atoms with van der Waals surface area (Å²) >= 11 is 6.57. The number of aromatic amines is 1. The van der Waals surface area contributed by atoms with Crippen molar-refractivity contribution in [1.29, 1.82) is 0 Å². The van der Waals surface area contributed by atoms with Crippen LogP contribution in [0.2, 0.25) is 5.02 Å². The van der Waals surface area contributed by atoms with E-state index >= 15 is 0 Å². The Labute approximate surface area is 202 Å². The average molecular weight is 476 g/mol. The summed E-state index contributed by atoms with van der Waals surface area (Å²) in [5, 5.41) is 4.96. The van der Waals surface area contributed by atoms with E-state index in [1.165, 1.54) is 6.26 Å². The standard InChI is InChI=1S/C27H26ClN3O3/c28-23-8-3-1-6-19(23)21(22-16-29-24-9-4-2-7-20(22)24)17-30-26(32)18-11-13-31(14-12-18)27(33)25-10-5-15-34-25/h1-10,15-16,18,21,29H,11-14,17H2,(H,30,32)/t21-/m1/s1. The fourth-order valence-electron chi connectivity index (χ4n) is 4.78. The first kappa shape index (κ1) is 22.3. The van der Waals surface area contributed by atoms with Crippen LogP contribution in [-0.4, -0.2) is 41.3 Å². The van der Waals surface area contributed by atoms with Crippen molar-refractivity contribution < 1.29 is 14.0 Å². The average Bonchev–Trinajstić information content (AvgIpc) is 3.56. The normalized spacial score (nSPS) is 15.4. The molecule has 6 nitrogen and oxygen atoms in total. The van der Waals surface area contributed by atoms with Gasteiger partial charge in [0.1, 0.15) is 0 Å². The van der Waals surface area contributed by atoms with Crippen LogP contribution >= 0.6 is 11.6 Å². The van der Waals surface area contributed by atoms with Gasteiger partial charge in [-0.25, -0.2) is 0 Å². The van der Waals surface area contributed by atoms with Gasteiger partial charge in [0.25, 0.3) is 5.91 Å². The van der Waals surface area contributed by atoms with Crippen molar-refractivity contribution in [3.05, 3.63) is 95.0 Å². The quantitative estimate of drug-likeness (QED) is 0.401. The summed E-state index contributed by atoms with van der Waals surface area (Å²) in [6.07, 6.45) is 4.75. The number of H-pyrrole nitrogens is 1. The summed E-state index contributed by atoms with van der Waals surface area (Å²) in [6, 6.07) is 19.3. The maximum atomic E-state index is 13.1. The summed E-state index contributed by atoms with van der Waals surface area (Å²) in [7, 11) is 0. The van der Waals surface area contributed by atoms with Gasteiger partial charge in [0.15, 0.2) is 5.76 Å². The number of benzene rings is 2. The lowest BCUT2D eigenvalue weighted by molar-refractivity contribution is -0.126. The van der Waals surface area contributed by atoms with E-state index in [1.54, 1.807) is 17.0 Å². The molecular formula is C27H26ClN3O3. The summed E-state index contributed by atoms with van der Waals surface area (Å²) in [6.45, 7) is 1.51. The Morgan fingerprint density at radius 1 is 1.03 bits per heavy atom. The molecular weight excluding hydrogens is 450 g/mol. The minimum absolute atomic E-state index is 0.0157. The van der Waals surface area contributed by atoms with E-state index in [4.69, 9.17) is 16.0 Å². The van der Waals surface area contributed by atoms with Crippen LogP contribution in [0, 0.1) is 5.92 Å². The van der Waals surface area contributed by atoms with Crippen molar-refractivity contribution in [2.45, 2.75) is 18.8 Å². The fourth-order valence-corrected chi connectivity index (χ4v) is 5.04. The smallest absolute Gasteiger partial charge is 0.289 e. The molecule has 34 heavy (non-hydrogen) atoms. The number of rotatable bonds is 6. The largest absolute Gasteiger partial charge is 0.459 e. The minimum atomic E-state index is -0.129. The van der Waals surface area contributed by atoms with Crippen molar-refractivity contribution in [2.24, 2.45) is 5.92 Å². The molecule has 0 aliphatic carbocycles. The van der Waals surface area contributed by atoms with Gasteiger partial charge in [-0.2, -0.15) is 0 Å². The molecule has 2 N–H and O–H groups in total. The molecule has 2 aromatic carbocycles. The van der Waals surface area contributed by atoms with Gasteiger partial charge < -0.3 is 19.6 Å². The maximum absolute atomic E-state index is 13.1. The molecule has 0 saturated carbocycles. The number of furan rings is 1. The summed E-state index contributed by atoms with van der Waals surface area (Å²) in [5.41, 5.74) is 3.13. The first-order valence-electron chi connectivity index (χ1n) is 11.5. The number of piperidine rings is 1. The number of carbonyl (C=O) groups excluding carboxylic acids is 2. The van der Waals surface area contributed by atoms with Gasteiger partial charge in [0.2, 0.25) is 5.91 Å². The number of nitrogens with one attached hydrogen (secondary N) is 2. The molecule has 1 fully saturated rings. The first-order valence-corrected chi connectivity index (χ1v) is 11.9. The highest BCUT2D eigenvalue weighted by molar-refractivity contribution is 6.31. The molecule has 2 amide bonds. The summed E-state index contributed by atoms with van der Waals surface area (Å²) in [5.74, 6) is 0.0121. The fraction of sp³-hybridized carbons (Fsp3) is 0.259. The molecule has 1 atom stereocenters. The van der Waals surface area contributed by atoms with Gasteiger partial charge in [0.05, 0.1) is 6.26 Å². The molecule has 2 aromatic heterocycles. The monoisotopic (exact) mass is 475 g/mol. The van der Waals surface area contributed by atoms with E-state index in [-0.39, 0.29) is 23.7 Å². The molecule has 1 aliphatic rings. The van der Waals surface area contributed by atoms with Crippen molar-refractivity contribution in [2.75, 3.05) is 19.6 Å². The Balaban J connectivity index is 1.28. The number of carbonyl (C=O) groups is 2. The van der Waals surface area contributed by atoms with Crippen molar-refractivity contribution in [3.63, 3.8) is 0 Å². The second-order valence-corrected chi connectivity index (χ2v) is 9.06. The summed E-state index contributed by atoms with van der Waals surface area (Å²) < 4.78 is 5.22. The Morgan fingerprint density at radius 3 is 2.56 bits per heavy atom. The highest BCUT2D eigenvalue weighted by Crippen LogP contribution is 2.34. The van der Waals surface area contributed by atoms with Crippen LogP contribution in [0.25, 0.3) is 10.9 Å². The van der Waals surface area contributed by atoms with Gasteiger partial charge >= 0.3 is 0 Å². The van der Waals surface area contributed by atoms with Crippen molar-refractivity contribution >= 4 is 34.3 Å². The Morgan fingerprint density at radius 2 is 1.79 bits per heavy atom. The van der Waals surface area contributed by atoms with Gasteiger partial charge in [-0.05, 0) is 48.2 Å². The second-order valence-electron chi connectivity index (χ2n) is 8.65. The van der Waals surface area contributed by atoms with E-state index in [0.29, 0.717) is 43.3 Å². The zero-order valence-corrected chi connectivity index (χ0v) is 19.4. The molecule has 0 radical (unpaired) electrons. The van der Waals surface area contributed by atoms with Crippen LogP contribution in [0.15, 0.2) is 77.5 Å². The van der Waals surface area contributed by atoms with Crippen LogP contribution in [-0.2, 0) is 4.79 Å². The number of nitrogens with zero attached hydrogens (tertiary/aromatic N) is 1. The number of halogens is 1. The van der Waals surface area contributed by atoms with E-state index in [1.807, 2.05) is 48.7 Å². The molecule has 0 unspecified atom stereocenters. The van der Waals surface area contributed by atoms with Crippen molar-refractivity contribution in [3.8, 4) is 0 Å².